The number of hydrogen-bond acceptors (Lipinski definition) is 4. The number of hydrogen-bond donors (Lipinski definition) is 2. The summed E-state index contributed by atoms with van der Waals surface area (Å²) in [5.41, 5.74) is 0.965. The van der Waals surface area contributed by atoms with Crippen LogP contribution in [0, 0.1) is 17.2 Å². The maximum Gasteiger partial charge on any atom is 0.407 e. The molecule has 2 unspecified atom stereocenters. The molecule has 8 heteroatoms. The molecule has 1 heterocycles. The zero-order valence-electron chi connectivity index (χ0n) is 15.7. The minimum Gasteiger partial charge on any atom is -0.480 e. The summed E-state index contributed by atoms with van der Waals surface area (Å²) in [5, 5.41) is 21.8. The molecule has 5 nitrogen and oxygen atoms in total. The van der Waals surface area contributed by atoms with Crippen LogP contribution in [-0.2, 0) is 4.79 Å². The Labute approximate surface area is 164 Å². The molecule has 0 bridgehead atoms. The highest BCUT2D eigenvalue weighted by molar-refractivity contribution is 6.05. The number of alkyl halides is 3. The number of halogens is 3. The topological polar surface area (TPSA) is 86.3 Å². The summed E-state index contributed by atoms with van der Waals surface area (Å²) in [6.07, 6.45) is -4.63. The molecule has 0 radical (unpaired) electrons. The predicted molar refractivity (Wildman–Crippen MR) is 101 cm³/mol. The summed E-state index contributed by atoms with van der Waals surface area (Å²) in [4.78, 5) is 11.4. The minimum atomic E-state index is -4.70. The van der Waals surface area contributed by atoms with Crippen LogP contribution in [0.1, 0.15) is 37.4 Å². The van der Waals surface area contributed by atoms with Crippen molar-refractivity contribution in [1.29, 1.82) is 5.26 Å². The summed E-state index contributed by atoms with van der Waals surface area (Å²) in [6, 6.07) is 7.35. The van der Waals surface area contributed by atoms with Crippen molar-refractivity contribution in [1.82, 2.24) is 5.32 Å². The van der Waals surface area contributed by atoms with Gasteiger partial charge < -0.3 is 9.52 Å². The van der Waals surface area contributed by atoms with E-state index in [1.54, 1.807) is 32.0 Å². The van der Waals surface area contributed by atoms with Gasteiger partial charge in [0.25, 0.3) is 0 Å². The highest BCUT2D eigenvalue weighted by Gasteiger charge is 2.43. The van der Waals surface area contributed by atoms with Crippen LogP contribution in [0.25, 0.3) is 21.9 Å². The Morgan fingerprint density at radius 2 is 1.90 bits per heavy atom. The third-order valence-corrected chi connectivity index (χ3v) is 4.66. The molecule has 2 aromatic carbocycles. The van der Waals surface area contributed by atoms with E-state index in [0.717, 1.165) is 0 Å². The standard InChI is InChI=1S/C21H19F3N2O3/c1-11(2)7-16(20(27)28)26-19(21(22,23)24)13-4-5-14-15-8-12(10-25)3-6-17(15)29-18(14)9-13/h3-6,8-9,11,16,19,26H,7H2,1-2H3,(H,27,28). The van der Waals surface area contributed by atoms with Crippen molar-refractivity contribution in [2.24, 2.45) is 5.92 Å². The maximum absolute atomic E-state index is 13.7. The first-order valence-corrected chi connectivity index (χ1v) is 9.02. The molecule has 2 atom stereocenters. The van der Waals surface area contributed by atoms with Gasteiger partial charge in [0.05, 0.1) is 11.6 Å². The third kappa shape index (κ3) is 4.35. The minimum absolute atomic E-state index is 0.0612. The van der Waals surface area contributed by atoms with Gasteiger partial charge in [-0.15, -0.1) is 0 Å². The van der Waals surface area contributed by atoms with E-state index in [4.69, 9.17) is 9.68 Å². The lowest BCUT2D eigenvalue weighted by molar-refractivity contribution is -0.163. The Balaban J connectivity index is 2.05. The number of rotatable bonds is 6. The van der Waals surface area contributed by atoms with Crippen LogP contribution in [-0.4, -0.2) is 23.3 Å². The van der Waals surface area contributed by atoms with Gasteiger partial charge in [0, 0.05) is 10.8 Å². The lowest BCUT2D eigenvalue weighted by atomic mass is 9.99. The second kappa shape index (κ2) is 7.76. The Morgan fingerprint density at radius 3 is 2.48 bits per heavy atom. The fraction of sp³-hybridized carbons (Fsp3) is 0.333. The number of furan rings is 1. The van der Waals surface area contributed by atoms with Gasteiger partial charge in [-0.3, -0.25) is 10.1 Å². The normalized spacial score (nSPS) is 14.2. The number of fused-ring (bicyclic) bond motifs is 3. The average Bonchev–Trinajstić information content (AvgIpc) is 3.00. The molecule has 0 aliphatic rings. The molecule has 1 aromatic heterocycles. The monoisotopic (exact) mass is 404 g/mol. The van der Waals surface area contributed by atoms with Gasteiger partial charge in [-0.25, -0.2) is 0 Å². The number of carboxylic acid groups (broad SMARTS) is 1. The van der Waals surface area contributed by atoms with Crippen LogP contribution in [0.3, 0.4) is 0 Å². The van der Waals surface area contributed by atoms with Gasteiger partial charge in [-0.05, 0) is 42.2 Å². The Hall–Kier alpha value is -3.05. The molecule has 29 heavy (non-hydrogen) atoms. The van der Waals surface area contributed by atoms with E-state index in [1.807, 2.05) is 6.07 Å². The average molecular weight is 404 g/mol. The largest absolute Gasteiger partial charge is 0.480 e. The molecule has 0 aliphatic carbocycles. The predicted octanol–water partition coefficient (Wildman–Crippen LogP) is 5.15. The smallest absolute Gasteiger partial charge is 0.407 e. The number of benzene rings is 2. The summed E-state index contributed by atoms with van der Waals surface area (Å²) in [6.45, 7) is 3.49. The molecule has 0 spiro atoms. The molecular formula is C21H19F3N2O3. The van der Waals surface area contributed by atoms with Gasteiger partial charge in [-0.1, -0.05) is 26.0 Å². The van der Waals surface area contributed by atoms with Gasteiger partial charge in [0.1, 0.15) is 23.2 Å². The number of nitrogens with zero attached hydrogens (tertiary/aromatic N) is 1. The van der Waals surface area contributed by atoms with Crippen LogP contribution < -0.4 is 5.32 Å². The van der Waals surface area contributed by atoms with Gasteiger partial charge in [0.15, 0.2) is 0 Å². The van der Waals surface area contributed by atoms with E-state index in [9.17, 15) is 23.1 Å². The molecular weight excluding hydrogens is 385 g/mol. The number of aliphatic carboxylic acids is 1. The van der Waals surface area contributed by atoms with Crippen LogP contribution >= 0.6 is 0 Å². The lowest BCUT2D eigenvalue weighted by Crippen LogP contribution is -2.45. The molecule has 152 valence electrons. The van der Waals surface area contributed by atoms with Crippen molar-refractivity contribution in [3.05, 3.63) is 47.5 Å². The van der Waals surface area contributed by atoms with Crippen LogP contribution in [0.2, 0.25) is 0 Å². The SMILES string of the molecule is CC(C)CC(NC(c1ccc2c(c1)oc1ccc(C#N)cc12)C(F)(F)F)C(=O)O. The first-order valence-electron chi connectivity index (χ1n) is 9.02. The molecule has 3 aromatic rings. The molecule has 0 amide bonds. The second-order valence-electron chi connectivity index (χ2n) is 7.34. The van der Waals surface area contributed by atoms with Gasteiger partial charge in [0.2, 0.25) is 0 Å². The third-order valence-electron chi connectivity index (χ3n) is 4.66. The molecule has 0 fully saturated rings. The Kier molecular flexibility index (Phi) is 5.53. The van der Waals surface area contributed by atoms with Gasteiger partial charge in [-0.2, -0.15) is 18.4 Å². The highest BCUT2D eigenvalue weighted by Crippen LogP contribution is 2.37. The van der Waals surface area contributed by atoms with E-state index < -0.39 is 24.2 Å². The van der Waals surface area contributed by atoms with Crippen LogP contribution in [0.15, 0.2) is 40.8 Å². The van der Waals surface area contributed by atoms with E-state index >= 15 is 0 Å². The maximum atomic E-state index is 13.7. The highest BCUT2D eigenvalue weighted by atomic mass is 19.4. The van der Waals surface area contributed by atoms with Crippen molar-refractivity contribution in [3.63, 3.8) is 0 Å². The fourth-order valence-electron chi connectivity index (χ4n) is 3.34. The van der Waals surface area contributed by atoms with Crippen molar-refractivity contribution < 1.29 is 27.5 Å². The van der Waals surface area contributed by atoms with E-state index in [-0.39, 0.29) is 23.5 Å². The first kappa shape index (κ1) is 20.7. The summed E-state index contributed by atoms with van der Waals surface area (Å²) >= 11 is 0. The molecule has 0 saturated heterocycles. The van der Waals surface area contributed by atoms with Crippen molar-refractivity contribution in [3.8, 4) is 6.07 Å². The van der Waals surface area contributed by atoms with E-state index in [2.05, 4.69) is 5.32 Å². The van der Waals surface area contributed by atoms with Crippen molar-refractivity contribution in [2.45, 2.75) is 38.5 Å². The lowest BCUT2D eigenvalue weighted by Gasteiger charge is -2.26. The number of nitriles is 1. The number of carboxylic acids is 1. The van der Waals surface area contributed by atoms with Crippen molar-refractivity contribution >= 4 is 27.9 Å². The summed E-state index contributed by atoms with van der Waals surface area (Å²) in [5.74, 6) is -1.42. The van der Waals surface area contributed by atoms with Gasteiger partial charge >= 0.3 is 12.1 Å². The van der Waals surface area contributed by atoms with Crippen molar-refractivity contribution in [2.75, 3.05) is 0 Å². The van der Waals surface area contributed by atoms with E-state index in [1.165, 1.54) is 18.2 Å². The summed E-state index contributed by atoms with van der Waals surface area (Å²) in [7, 11) is 0. The zero-order chi connectivity index (χ0) is 21.3. The number of nitrogens with one attached hydrogen (secondary N) is 1. The molecule has 3 rings (SSSR count). The first-order chi connectivity index (χ1) is 13.6. The Bertz CT molecular complexity index is 1100. The van der Waals surface area contributed by atoms with Crippen LogP contribution in [0.4, 0.5) is 13.2 Å². The van der Waals surface area contributed by atoms with Crippen LogP contribution in [0.5, 0.6) is 0 Å². The molecule has 2 N–H and O–H groups in total. The molecule has 0 saturated carbocycles. The zero-order valence-corrected chi connectivity index (χ0v) is 15.7. The second-order valence-corrected chi connectivity index (χ2v) is 7.34. The number of carbonyl (C=O) groups is 1. The quantitative estimate of drug-likeness (QED) is 0.593. The Morgan fingerprint density at radius 1 is 1.17 bits per heavy atom. The van der Waals surface area contributed by atoms with E-state index in [0.29, 0.717) is 21.9 Å². The molecule has 0 aliphatic heterocycles. The summed E-state index contributed by atoms with van der Waals surface area (Å²) < 4.78 is 46.9. The fourth-order valence-corrected chi connectivity index (χ4v) is 3.34.